The molecule has 1 aliphatic carbocycles. The summed E-state index contributed by atoms with van der Waals surface area (Å²) < 4.78 is 4.76. The molecule has 5 nitrogen and oxygen atoms in total. The van der Waals surface area contributed by atoms with Gasteiger partial charge < -0.3 is 9.13 Å². The summed E-state index contributed by atoms with van der Waals surface area (Å²) in [5.41, 5.74) is 14.5. The molecule has 0 unspecified atom stereocenters. The van der Waals surface area contributed by atoms with Gasteiger partial charge in [0.15, 0.2) is 17.5 Å². The maximum absolute atomic E-state index is 5.29. The van der Waals surface area contributed by atoms with Crippen LogP contribution in [0.2, 0.25) is 0 Å². The van der Waals surface area contributed by atoms with Crippen molar-refractivity contribution in [3.8, 4) is 50.7 Å². The Hall–Kier alpha value is -8.15. The molecule has 0 atom stereocenters. The van der Waals surface area contributed by atoms with E-state index >= 15 is 0 Å². The molecule has 8 aromatic carbocycles. The van der Waals surface area contributed by atoms with Gasteiger partial charge in [-0.3, -0.25) is 0 Å². The summed E-state index contributed by atoms with van der Waals surface area (Å²) in [6.45, 7) is 0. The van der Waals surface area contributed by atoms with E-state index in [-0.39, 0.29) is 0 Å². The van der Waals surface area contributed by atoms with Crippen LogP contribution >= 0.6 is 0 Å². The smallest absolute Gasteiger partial charge is 0.164 e. The second-order valence-electron chi connectivity index (χ2n) is 16.0. The Morgan fingerprint density at radius 2 is 0.790 bits per heavy atom. The summed E-state index contributed by atoms with van der Waals surface area (Å²) in [4.78, 5) is 15.8. The van der Waals surface area contributed by atoms with Crippen LogP contribution in [0.25, 0.3) is 106 Å². The van der Waals surface area contributed by atoms with E-state index in [1.165, 1.54) is 49.4 Å². The highest BCUT2D eigenvalue weighted by Crippen LogP contribution is 2.38. The van der Waals surface area contributed by atoms with Crippen molar-refractivity contribution in [2.45, 2.75) is 12.8 Å². The number of nitrogens with zero attached hydrogens (tertiary/aromatic N) is 5. The van der Waals surface area contributed by atoms with Gasteiger partial charge in [-0.05, 0) is 83.6 Å². The number of hydrogen-bond donors (Lipinski definition) is 0. The molecule has 0 fully saturated rings. The maximum atomic E-state index is 5.29. The van der Waals surface area contributed by atoms with Crippen molar-refractivity contribution >= 4 is 54.9 Å². The predicted molar refractivity (Wildman–Crippen MR) is 257 cm³/mol. The standard InChI is InChI=1S/C57H39N5/c1-2-15-38(16-3-1)41-17-12-18-42(35-41)39-31-33-40(34-32-39)55-58-56(43-19-13-21-45(36-43)61-51-27-8-4-23-47(51)48-24-5-9-28-52(48)61)60-57(59-55)44-20-14-22-46(37-44)62-53-29-10-6-25-49(53)50-26-7-11-30-54(50)62/h1-13,15-21,23-37H,14,22H2. The summed E-state index contributed by atoms with van der Waals surface area (Å²) in [7, 11) is 0. The van der Waals surface area contributed by atoms with E-state index in [4.69, 9.17) is 15.0 Å². The molecule has 0 aliphatic heterocycles. The molecule has 0 saturated heterocycles. The number of para-hydroxylation sites is 4. The van der Waals surface area contributed by atoms with Crippen LogP contribution in [0.15, 0.2) is 212 Å². The largest absolute Gasteiger partial charge is 0.313 e. The van der Waals surface area contributed by atoms with Crippen molar-refractivity contribution in [3.63, 3.8) is 0 Å². The van der Waals surface area contributed by atoms with Gasteiger partial charge in [-0.15, -0.1) is 0 Å². The Bertz CT molecular complexity index is 3460. The summed E-state index contributed by atoms with van der Waals surface area (Å²) in [6, 6.07) is 71.1. The molecule has 0 spiro atoms. The molecule has 1 aliphatic rings. The molecule has 12 rings (SSSR count). The fraction of sp³-hybridized carbons (Fsp3) is 0.0351. The number of rotatable bonds is 7. The van der Waals surface area contributed by atoms with Crippen molar-refractivity contribution < 1.29 is 0 Å². The zero-order valence-electron chi connectivity index (χ0n) is 33.9. The highest BCUT2D eigenvalue weighted by atomic mass is 15.0. The number of allylic oxidation sites excluding steroid dienone is 4. The van der Waals surface area contributed by atoms with Crippen molar-refractivity contribution in [1.82, 2.24) is 24.1 Å². The first kappa shape index (κ1) is 35.8. The minimum absolute atomic E-state index is 0.630. The topological polar surface area (TPSA) is 48.5 Å². The zero-order valence-corrected chi connectivity index (χ0v) is 33.9. The van der Waals surface area contributed by atoms with Crippen molar-refractivity contribution in [1.29, 1.82) is 0 Å². The highest BCUT2D eigenvalue weighted by molar-refractivity contribution is 6.11. The van der Waals surface area contributed by atoms with Crippen LogP contribution in [0.4, 0.5) is 0 Å². The van der Waals surface area contributed by atoms with Gasteiger partial charge in [0.05, 0.1) is 22.1 Å². The molecule has 0 N–H and O–H groups in total. The third-order valence-corrected chi connectivity index (χ3v) is 12.2. The van der Waals surface area contributed by atoms with E-state index < -0.39 is 0 Å². The van der Waals surface area contributed by atoms with E-state index in [0.29, 0.717) is 17.5 Å². The fourth-order valence-electron chi connectivity index (χ4n) is 9.32. The van der Waals surface area contributed by atoms with Gasteiger partial charge in [-0.2, -0.15) is 0 Å². The lowest BCUT2D eigenvalue weighted by Crippen LogP contribution is -2.06. The van der Waals surface area contributed by atoms with E-state index in [9.17, 15) is 0 Å². The van der Waals surface area contributed by atoms with E-state index in [2.05, 4.69) is 221 Å². The van der Waals surface area contributed by atoms with Gasteiger partial charge in [0, 0.05) is 49.6 Å². The summed E-state index contributed by atoms with van der Waals surface area (Å²) in [5, 5.41) is 4.96. The van der Waals surface area contributed by atoms with Crippen molar-refractivity contribution in [2.75, 3.05) is 0 Å². The predicted octanol–water partition coefficient (Wildman–Crippen LogP) is 14.5. The Balaban J connectivity index is 0.992. The lowest BCUT2D eigenvalue weighted by Gasteiger charge is -2.18. The molecule has 0 radical (unpaired) electrons. The molecule has 0 amide bonds. The minimum atomic E-state index is 0.630. The van der Waals surface area contributed by atoms with E-state index in [0.717, 1.165) is 57.4 Å². The summed E-state index contributed by atoms with van der Waals surface area (Å²) in [6.07, 6.45) is 6.34. The molecule has 62 heavy (non-hydrogen) atoms. The Kier molecular flexibility index (Phi) is 8.56. The first-order chi connectivity index (χ1) is 30.7. The Morgan fingerprint density at radius 1 is 0.339 bits per heavy atom. The van der Waals surface area contributed by atoms with Crippen LogP contribution in [-0.2, 0) is 0 Å². The molecular weight excluding hydrogens is 755 g/mol. The van der Waals surface area contributed by atoms with Gasteiger partial charge >= 0.3 is 0 Å². The molecule has 3 aromatic heterocycles. The second-order valence-corrected chi connectivity index (χ2v) is 16.0. The number of aromatic nitrogens is 5. The molecule has 11 aromatic rings. The average molecular weight is 794 g/mol. The van der Waals surface area contributed by atoms with Crippen LogP contribution in [0.5, 0.6) is 0 Å². The van der Waals surface area contributed by atoms with Gasteiger partial charge in [-0.25, -0.2) is 15.0 Å². The maximum Gasteiger partial charge on any atom is 0.164 e. The quantitative estimate of drug-likeness (QED) is 0.161. The molecule has 0 saturated carbocycles. The first-order valence-electron chi connectivity index (χ1n) is 21.2. The normalized spacial score (nSPS) is 12.9. The third-order valence-electron chi connectivity index (χ3n) is 12.2. The lowest BCUT2D eigenvalue weighted by atomic mass is 9.98. The third kappa shape index (κ3) is 6.13. The molecule has 292 valence electrons. The van der Waals surface area contributed by atoms with Crippen LogP contribution in [0.3, 0.4) is 0 Å². The van der Waals surface area contributed by atoms with E-state index in [1.54, 1.807) is 0 Å². The Labute approximate surface area is 359 Å². The minimum Gasteiger partial charge on any atom is -0.313 e. The zero-order chi connectivity index (χ0) is 41.0. The monoisotopic (exact) mass is 793 g/mol. The van der Waals surface area contributed by atoms with Crippen LogP contribution in [0, 0.1) is 0 Å². The van der Waals surface area contributed by atoms with Crippen molar-refractivity contribution in [3.05, 3.63) is 218 Å². The van der Waals surface area contributed by atoms with Gasteiger partial charge in [-0.1, -0.05) is 164 Å². The molecule has 0 bridgehead atoms. The molecular formula is C57H39N5. The molecule has 5 heteroatoms. The number of fused-ring (bicyclic) bond motifs is 6. The second kappa shape index (κ2) is 14.8. The summed E-state index contributed by atoms with van der Waals surface area (Å²) in [5.74, 6) is 1.92. The van der Waals surface area contributed by atoms with Crippen LogP contribution in [0.1, 0.15) is 18.7 Å². The summed E-state index contributed by atoms with van der Waals surface area (Å²) >= 11 is 0. The van der Waals surface area contributed by atoms with Gasteiger partial charge in [0.25, 0.3) is 0 Å². The van der Waals surface area contributed by atoms with Crippen LogP contribution in [-0.4, -0.2) is 24.1 Å². The van der Waals surface area contributed by atoms with Gasteiger partial charge in [0.1, 0.15) is 0 Å². The average Bonchev–Trinajstić information content (AvgIpc) is 3.87. The van der Waals surface area contributed by atoms with Crippen molar-refractivity contribution in [2.24, 2.45) is 0 Å². The lowest BCUT2D eigenvalue weighted by molar-refractivity contribution is 0.970. The Morgan fingerprint density at radius 3 is 1.40 bits per heavy atom. The first-order valence-corrected chi connectivity index (χ1v) is 21.2. The van der Waals surface area contributed by atoms with Gasteiger partial charge in [0.2, 0.25) is 0 Å². The van der Waals surface area contributed by atoms with E-state index in [1.807, 2.05) is 0 Å². The van der Waals surface area contributed by atoms with Crippen LogP contribution < -0.4 is 0 Å². The number of hydrogen-bond acceptors (Lipinski definition) is 3. The highest BCUT2D eigenvalue weighted by Gasteiger charge is 2.20. The number of benzene rings is 8. The molecule has 3 heterocycles. The fourth-order valence-corrected chi connectivity index (χ4v) is 9.32. The SMILES string of the molecule is C1=C(c2nc(-c3ccc(-c4cccc(-c5ccccc5)c4)cc3)nc(-c3cccc(-n4c5ccccc5c5ccccc54)c3)n2)C=C(n2c3ccccc3c3ccccc32)CC1.